The summed E-state index contributed by atoms with van der Waals surface area (Å²) in [6.45, 7) is 1.92. The highest BCUT2D eigenvalue weighted by Gasteiger charge is 2.26. The van der Waals surface area contributed by atoms with Crippen molar-refractivity contribution in [3.05, 3.63) is 0 Å². The monoisotopic (exact) mass is 199 g/mol. The van der Waals surface area contributed by atoms with Crippen LogP contribution in [0.2, 0.25) is 0 Å². The zero-order valence-corrected chi connectivity index (χ0v) is 8.45. The number of amides is 1. The minimum Gasteiger partial charge on any atom is -0.481 e. The van der Waals surface area contributed by atoms with Gasteiger partial charge in [-0.2, -0.15) is 0 Å². The molecule has 80 valence electrons. The van der Waals surface area contributed by atoms with E-state index in [1.165, 1.54) is 0 Å². The quantitative estimate of drug-likeness (QED) is 0.674. The number of hydrogen-bond donors (Lipinski definition) is 2. The number of carbonyl (C=O) groups is 2. The van der Waals surface area contributed by atoms with Crippen LogP contribution in [0.4, 0.5) is 0 Å². The molecule has 0 saturated heterocycles. The molecule has 1 unspecified atom stereocenters. The Morgan fingerprint density at radius 3 is 2.57 bits per heavy atom. The van der Waals surface area contributed by atoms with E-state index < -0.39 is 5.97 Å². The minimum absolute atomic E-state index is 0.0243. The zero-order chi connectivity index (χ0) is 10.6. The van der Waals surface area contributed by atoms with E-state index in [4.69, 9.17) is 5.11 Å². The third-order valence-corrected chi connectivity index (χ3v) is 2.49. The molecule has 4 heteroatoms. The van der Waals surface area contributed by atoms with Gasteiger partial charge in [0.15, 0.2) is 0 Å². The van der Waals surface area contributed by atoms with Crippen LogP contribution in [0.1, 0.15) is 39.0 Å². The summed E-state index contributed by atoms with van der Waals surface area (Å²) < 4.78 is 0. The Hall–Kier alpha value is -1.06. The second kappa shape index (κ2) is 4.98. The van der Waals surface area contributed by atoms with Crippen LogP contribution >= 0.6 is 0 Å². The minimum atomic E-state index is -0.831. The lowest BCUT2D eigenvalue weighted by Crippen LogP contribution is -2.32. The molecule has 4 nitrogen and oxygen atoms in total. The summed E-state index contributed by atoms with van der Waals surface area (Å²) in [6, 6.07) is 0.362. The molecule has 1 aliphatic carbocycles. The molecule has 0 aromatic heterocycles. The SMILES string of the molecule is CCC(CCC(=O)O)C(=O)NC1CC1. The molecule has 0 aromatic carbocycles. The van der Waals surface area contributed by atoms with Crippen LogP contribution in [0, 0.1) is 5.92 Å². The second-order valence-corrected chi connectivity index (χ2v) is 3.82. The third-order valence-electron chi connectivity index (χ3n) is 2.49. The summed E-state index contributed by atoms with van der Waals surface area (Å²) in [5.74, 6) is -0.939. The molecule has 0 spiro atoms. The van der Waals surface area contributed by atoms with Crippen molar-refractivity contribution in [1.82, 2.24) is 5.32 Å². The summed E-state index contributed by atoms with van der Waals surface area (Å²) in [7, 11) is 0. The summed E-state index contributed by atoms with van der Waals surface area (Å²) in [5, 5.41) is 11.4. The molecule has 1 atom stereocenters. The second-order valence-electron chi connectivity index (χ2n) is 3.82. The lowest BCUT2D eigenvalue weighted by molar-refractivity contribution is -0.137. The molecule has 1 rings (SSSR count). The first-order valence-corrected chi connectivity index (χ1v) is 5.15. The van der Waals surface area contributed by atoms with Crippen LogP contribution in [-0.2, 0) is 9.59 Å². The van der Waals surface area contributed by atoms with Gasteiger partial charge in [0.2, 0.25) is 5.91 Å². The maximum Gasteiger partial charge on any atom is 0.303 e. The average Bonchev–Trinajstić information content (AvgIpc) is 2.88. The number of aliphatic carboxylic acids is 1. The number of nitrogens with one attached hydrogen (secondary N) is 1. The van der Waals surface area contributed by atoms with Gasteiger partial charge in [-0.25, -0.2) is 0 Å². The van der Waals surface area contributed by atoms with Gasteiger partial charge in [-0.15, -0.1) is 0 Å². The zero-order valence-electron chi connectivity index (χ0n) is 8.45. The van der Waals surface area contributed by atoms with E-state index in [1.807, 2.05) is 6.92 Å². The maximum atomic E-state index is 11.5. The Bertz CT molecular complexity index is 223. The van der Waals surface area contributed by atoms with E-state index in [1.54, 1.807) is 0 Å². The van der Waals surface area contributed by atoms with Crippen molar-refractivity contribution in [2.45, 2.75) is 45.1 Å². The van der Waals surface area contributed by atoms with Crippen molar-refractivity contribution in [2.75, 3.05) is 0 Å². The van der Waals surface area contributed by atoms with Gasteiger partial charge in [0, 0.05) is 18.4 Å². The molecular weight excluding hydrogens is 182 g/mol. The summed E-state index contributed by atoms with van der Waals surface area (Å²) in [6.07, 6.45) is 3.38. The van der Waals surface area contributed by atoms with E-state index >= 15 is 0 Å². The average molecular weight is 199 g/mol. The van der Waals surface area contributed by atoms with Crippen LogP contribution in [0.15, 0.2) is 0 Å². The highest BCUT2D eigenvalue weighted by Crippen LogP contribution is 2.20. The lowest BCUT2D eigenvalue weighted by Gasteiger charge is -2.13. The third kappa shape index (κ3) is 3.77. The van der Waals surface area contributed by atoms with Gasteiger partial charge < -0.3 is 10.4 Å². The van der Waals surface area contributed by atoms with Crippen LogP contribution in [0.25, 0.3) is 0 Å². The van der Waals surface area contributed by atoms with Crippen LogP contribution in [-0.4, -0.2) is 23.0 Å². The van der Waals surface area contributed by atoms with Crippen LogP contribution in [0.3, 0.4) is 0 Å². The van der Waals surface area contributed by atoms with Gasteiger partial charge in [-0.1, -0.05) is 6.92 Å². The maximum absolute atomic E-state index is 11.5. The molecule has 14 heavy (non-hydrogen) atoms. The topological polar surface area (TPSA) is 66.4 Å². The molecule has 1 aliphatic rings. The molecule has 0 heterocycles. The van der Waals surface area contributed by atoms with Gasteiger partial charge >= 0.3 is 5.97 Å². The highest BCUT2D eigenvalue weighted by molar-refractivity contribution is 5.79. The van der Waals surface area contributed by atoms with Crippen molar-refractivity contribution in [3.63, 3.8) is 0 Å². The predicted octanol–water partition coefficient (Wildman–Crippen LogP) is 1.16. The van der Waals surface area contributed by atoms with Crippen LogP contribution in [0.5, 0.6) is 0 Å². The Balaban J connectivity index is 2.27. The smallest absolute Gasteiger partial charge is 0.303 e. The van der Waals surface area contributed by atoms with E-state index in [-0.39, 0.29) is 18.2 Å². The van der Waals surface area contributed by atoms with Crippen molar-refractivity contribution >= 4 is 11.9 Å². The molecule has 1 fully saturated rings. The lowest BCUT2D eigenvalue weighted by atomic mass is 9.99. The van der Waals surface area contributed by atoms with E-state index in [2.05, 4.69) is 5.32 Å². The van der Waals surface area contributed by atoms with E-state index in [0.717, 1.165) is 12.8 Å². The first-order valence-electron chi connectivity index (χ1n) is 5.15. The summed E-state index contributed by atoms with van der Waals surface area (Å²) >= 11 is 0. The van der Waals surface area contributed by atoms with Gasteiger partial charge in [-0.3, -0.25) is 9.59 Å². The standard InChI is InChI=1S/C10H17NO3/c1-2-7(3-6-9(12)13)10(14)11-8-4-5-8/h7-8H,2-6H2,1H3,(H,11,14)(H,12,13). The molecule has 2 N–H and O–H groups in total. The number of hydrogen-bond acceptors (Lipinski definition) is 2. The molecule has 0 aromatic rings. The Kier molecular flexibility index (Phi) is 3.92. The van der Waals surface area contributed by atoms with Crippen LogP contribution < -0.4 is 5.32 Å². The fourth-order valence-electron chi connectivity index (χ4n) is 1.37. The number of carboxylic acids is 1. The Morgan fingerprint density at radius 2 is 2.14 bits per heavy atom. The molecule has 1 amide bonds. The molecule has 0 radical (unpaired) electrons. The molecule has 0 bridgehead atoms. The first kappa shape index (κ1) is 11.0. The Morgan fingerprint density at radius 1 is 1.50 bits per heavy atom. The summed E-state index contributed by atoms with van der Waals surface area (Å²) in [5.41, 5.74) is 0. The molecule has 1 saturated carbocycles. The molecule has 0 aliphatic heterocycles. The number of rotatable bonds is 6. The van der Waals surface area contributed by atoms with E-state index in [0.29, 0.717) is 18.9 Å². The van der Waals surface area contributed by atoms with Crippen molar-refractivity contribution in [1.29, 1.82) is 0 Å². The number of carbonyl (C=O) groups excluding carboxylic acids is 1. The summed E-state index contributed by atoms with van der Waals surface area (Å²) in [4.78, 5) is 21.9. The van der Waals surface area contributed by atoms with Crippen molar-refractivity contribution in [3.8, 4) is 0 Å². The fourth-order valence-corrected chi connectivity index (χ4v) is 1.37. The molecular formula is C10H17NO3. The fraction of sp³-hybridized carbons (Fsp3) is 0.800. The van der Waals surface area contributed by atoms with Crippen molar-refractivity contribution in [2.24, 2.45) is 5.92 Å². The van der Waals surface area contributed by atoms with E-state index in [9.17, 15) is 9.59 Å². The Labute approximate surface area is 83.7 Å². The predicted molar refractivity (Wildman–Crippen MR) is 51.8 cm³/mol. The van der Waals surface area contributed by atoms with Crippen molar-refractivity contribution < 1.29 is 14.7 Å². The van der Waals surface area contributed by atoms with Gasteiger partial charge in [0.1, 0.15) is 0 Å². The normalized spacial score (nSPS) is 17.5. The van der Waals surface area contributed by atoms with Gasteiger partial charge in [-0.05, 0) is 25.7 Å². The first-order chi connectivity index (χ1) is 6.63. The van der Waals surface area contributed by atoms with Gasteiger partial charge in [0.25, 0.3) is 0 Å². The largest absolute Gasteiger partial charge is 0.481 e. The highest BCUT2D eigenvalue weighted by atomic mass is 16.4. The van der Waals surface area contributed by atoms with Gasteiger partial charge in [0.05, 0.1) is 0 Å². The number of carboxylic acid groups (broad SMARTS) is 1.